The smallest absolute Gasteiger partial charge is 0.253 e. The molecule has 1 aliphatic heterocycles. The number of halogens is 1. The van der Waals surface area contributed by atoms with Gasteiger partial charge in [-0.05, 0) is 24.3 Å². The fourth-order valence-corrected chi connectivity index (χ4v) is 3.71. The normalized spacial score (nSPS) is 14.1. The van der Waals surface area contributed by atoms with Gasteiger partial charge in [0, 0.05) is 67.6 Å². The lowest BCUT2D eigenvalue weighted by Crippen LogP contribution is -2.49. The van der Waals surface area contributed by atoms with Gasteiger partial charge >= 0.3 is 0 Å². The summed E-state index contributed by atoms with van der Waals surface area (Å²) in [5.41, 5.74) is 1.20. The number of anilines is 1. The molecule has 0 bridgehead atoms. The maximum Gasteiger partial charge on any atom is 0.253 e. The maximum atomic E-state index is 12.6. The molecule has 172 valence electrons. The molecule has 8 nitrogen and oxygen atoms in total. The van der Waals surface area contributed by atoms with Crippen LogP contribution in [0.3, 0.4) is 0 Å². The second-order valence-corrected chi connectivity index (χ2v) is 7.79. The van der Waals surface area contributed by atoms with Gasteiger partial charge in [0.25, 0.3) is 5.91 Å². The summed E-state index contributed by atoms with van der Waals surface area (Å²) in [5, 5.41) is 3.49. The van der Waals surface area contributed by atoms with Crippen LogP contribution >= 0.6 is 11.6 Å². The molecule has 1 heterocycles. The van der Waals surface area contributed by atoms with Crippen LogP contribution in [-0.2, 0) is 4.79 Å². The lowest BCUT2D eigenvalue weighted by atomic mass is 10.2. The van der Waals surface area contributed by atoms with Crippen molar-refractivity contribution in [1.29, 1.82) is 0 Å². The molecule has 0 unspecified atom stereocenters. The van der Waals surface area contributed by atoms with E-state index in [1.807, 2.05) is 4.90 Å². The van der Waals surface area contributed by atoms with Crippen LogP contribution < -0.4 is 19.5 Å². The average Bonchev–Trinajstić information content (AvgIpc) is 2.82. The summed E-state index contributed by atoms with van der Waals surface area (Å²) in [7, 11) is 4.59. The highest BCUT2D eigenvalue weighted by Gasteiger charge is 2.22. The molecular formula is C23H28ClN3O5. The van der Waals surface area contributed by atoms with Crippen molar-refractivity contribution in [2.24, 2.45) is 0 Å². The number of hydrogen-bond donors (Lipinski definition) is 1. The van der Waals surface area contributed by atoms with Crippen LogP contribution in [0, 0.1) is 0 Å². The monoisotopic (exact) mass is 461 g/mol. The number of nitrogens with one attached hydrogen (secondary N) is 1. The zero-order valence-electron chi connectivity index (χ0n) is 18.5. The SMILES string of the molecule is COc1cc(NC(=O)CCN2CCN(C(=O)c3ccc(Cl)cc3)CC2)cc(OC)c1OC. The first kappa shape index (κ1) is 23.7. The van der Waals surface area contributed by atoms with Crippen LogP contribution in [0.1, 0.15) is 16.8 Å². The van der Waals surface area contributed by atoms with E-state index in [0.29, 0.717) is 59.6 Å². The fraction of sp³-hybridized carbons (Fsp3) is 0.391. The second-order valence-electron chi connectivity index (χ2n) is 7.35. The molecule has 9 heteroatoms. The van der Waals surface area contributed by atoms with Crippen molar-refractivity contribution in [3.8, 4) is 17.2 Å². The molecule has 0 aliphatic carbocycles. The Morgan fingerprint density at radius 3 is 2.06 bits per heavy atom. The van der Waals surface area contributed by atoms with Gasteiger partial charge in [-0.1, -0.05) is 11.6 Å². The molecule has 1 fully saturated rings. The third-order valence-corrected chi connectivity index (χ3v) is 5.61. The highest BCUT2D eigenvalue weighted by Crippen LogP contribution is 2.39. The van der Waals surface area contributed by atoms with Crippen molar-refractivity contribution < 1.29 is 23.8 Å². The van der Waals surface area contributed by atoms with E-state index in [-0.39, 0.29) is 11.8 Å². The van der Waals surface area contributed by atoms with E-state index < -0.39 is 0 Å². The number of ether oxygens (including phenoxy) is 3. The predicted molar refractivity (Wildman–Crippen MR) is 123 cm³/mol. The summed E-state index contributed by atoms with van der Waals surface area (Å²) in [4.78, 5) is 29.1. The number of benzene rings is 2. The van der Waals surface area contributed by atoms with Crippen LogP contribution in [0.5, 0.6) is 17.2 Å². The number of hydrogen-bond acceptors (Lipinski definition) is 6. The Kier molecular flexibility index (Phi) is 8.19. The Morgan fingerprint density at radius 2 is 1.53 bits per heavy atom. The van der Waals surface area contributed by atoms with Crippen LogP contribution in [0.2, 0.25) is 5.02 Å². The summed E-state index contributed by atoms with van der Waals surface area (Å²) in [5.74, 6) is 1.31. The molecule has 0 radical (unpaired) electrons. The van der Waals surface area contributed by atoms with Gasteiger partial charge in [0.05, 0.1) is 21.3 Å². The van der Waals surface area contributed by atoms with Gasteiger partial charge in [-0.2, -0.15) is 0 Å². The van der Waals surface area contributed by atoms with Crippen molar-refractivity contribution in [1.82, 2.24) is 9.80 Å². The van der Waals surface area contributed by atoms with E-state index in [0.717, 1.165) is 13.1 Å². The van der Waals surface area contributed by atoms with E-state index in [1.165, 1.54) is 21.3 Å². The molecule has 1 saturated heterocycles. The number of rotatable bonds is 8. The van der Waals surface area contributed by atoms with Crippen LogP contribution in [0.15, 0.2) is 36.4 Å². The van der Waals surface area contributed by atoms with Crippen molar-refractivity contribution >= 4 is 29.1 Å². The molecular weight excluding hydrogens is 434 g/mol. The van der Waals surface area contributed by atoms with Gasteiger partial charge in [-0.25, -0.2) is 0 Å². The van der Waals surface area contributed by atoms with Crippen molar-refractivity contribution in [3.63, 3.8) is 0 Å². The molecule has 2 aromatic rings. The number of amides is 2. The van der Waals surface area contributed by atoms with Crippen molar-refractivity contribution in [3.05, 3.63) is 47.0 Å². The van der Waals surface area contributed by atoms with Crippen molar-refractivity contribution in [2.75, 3.05) is 59.4 Å². The summed E-state index contributed by atoms with van der Waals surface area (Å²) < 4.78 is 15.9. The number of carbonyl (C=O) groups is 2. The Labute approximate surface area is 193 Å². The molecule has 1 aliphatic rings. The Hall–Kier alpha value is -2.97. The molecule has 2 amide bonds. The van der Waals surface area contributed by atoms with Crippen LogP contribution in [-0.4, -0.2) is 75.7 Å². The highest BCUT2D eigenvalue weighted by atomic mass is 35.5. The van der Waals surface area contributed by atoms with Gasteiger partial charge in [0.1, 0.15) is 0 Å². The largest absolute Gasteiger partial charge is 0.493 e. The van der Waals surface area contributed by atoms with Crippen LogP contribution in [0.25, 0.3) is 0 Å². The molecule has 3 rings (SSSR count). The number of piperazine rings is 1. The van der Waals surface area contributed by atoms with E-state index in [1.54, 1.807) is 36.4 Å². The molecule has 0 saturated carbocycles. The minimum Gasteiger partial charge on any atom is -0.493 e. The minimum absolute atomic E-state index is 0.00135. The first-order valence-corrected chi connectivity index (χ1v) is 10.7. The van der Waals surface area contributed by atoms with E-state index in [9.17, 15) is 9.59 Å². The fourth-order valence-electron chi connectivity index (χ4n) is 3.59. The first-order valence-electron chi connectivity index (χ1n) is 10.3. The maximum absolute atomic E-state index is 12.6. The lowest BCUT2D eigenvalue weighted by Gasteiger charge is -2.34. The van der Waals surface area contributed by atoms with Gasteiger partial charge < -0.3 is 24.4 Å². The van der Waals surface area contributed by atoms with Gasteiger partial charge in [0.2, 0.25) is 11.7 Å². The van der Waals surface area contributed by atoms with Crippen molar-refractivity contribution in [2.45, 2.75) is 6.42 Å². The van der Waals surface area contributed by atoms with Gasteiger partial charge in [0.15, 0.2) is 11.5 Å². The first-order chi connectivity index (χ1) is 15.4. The van der Waals surface area contributed by atoms with E-state index in [4.69, 9.17) is 25.8 Å². The van der Waals surface area contributed by atoms with E-state index in [2.05, 4.69) is 10.2 Å². The van der Waals surface area contributed by atoms with Gasteiger partial charge in [-0.3, -0.25) is 14.5 Å². The Morgan fingerprint density at radius 1 is 0.938 bits per heavy atom. The quantitative estimate of drug-likeness (QED) is 0.650. The average molecular weight is 462 g/mol. The molecule has 1 N–H and O–H groups in total. The number of methoxy groups -OCH3 is 3. The summed E-state index contributed by atoms with van der Waals surface area (Å²) in [6.07, 6.45) is 0.335. The zero-order chi connectivity index (χ0) is 23.1. The number of nitrogens with zero attached hydrogens (tertiary/aromatic N) is 2. The predicted octanol–water partition coefficient (Wildman–Crippen LogP) is 3.15. The Bertz CT molecular complexity index is 918. The molecule has 0 spiro atoms. The third-order valence-electron chi connectivity index (χ3n) is 5.35. The molecule has 32 heavy (non-hydrogen) atoms. The topological polar surface area (TPSA) is 80.3 Å². The molecule has 2 aromatic carbocycles. The minimum atomic E-state index is -0.112. The van der Waals surface area contributed by atoms with Crippen LogP contribution in [0.4, 0.5) is 5.69 Å². The van der Waals surface area contributed by atoms with E-state index >= 15 is 0 Å². The summed E-state index contributed by atoms with van der Waals surface area (Å²) >= 11 is 5.89. The molecule has 0 atom stereocenters. The standard InChI is InChI=1S/C23H28ClN3O5/c1-30-19-14-18(15-20(31-2)22(19)32-3)25-21(28)8-9-26-10-12-27(13-11-26)23(29)16-4-6-17(24)7-5-16/h4-7,14-15H,8-13H2,1-3H3,(H,25,28). The summed E-state index contributed by atoms with van der Waals surface area (Å²) in [6, 6.07) is 10.3. The Balaban J connectivity index is 1.48. The lowest BCUT2D eigenvalue weighted by molar-refractivity contribution is -0.116. The third kappa shape index (κ3) is 5.83. The second kappa shape index (κ2) is 11.1. The van der Waals surface area contributed by atoms with Gasteiger partial charge in [-0.15, -0.1) is 0 Å². The zero-order valence-corrected chi connectivity index (χ0v) is 19.3. The number of carbonyl (C=O) groups excluding carboxylic acids is 2. The molecule has 0 aromatic heterocycles. The summed E-state index contributed by atoms with van der Waals surface area (Å²) in [6.45, 7) is 3.29. The highest BCUT2D eigenvalue weighted by molar-refractivity contribution is 6.30.